The Balaban J connectivity index is 1.95. The Bertz CT molecular complexity index is 1110. The summed E-state index contributed by atoms with van der Waals surface area (Å²) in [4.78, 5) is 37.5. The number of aryl methyl sites for hydroxylation is 1. The predicted molar refractivity (Wildman–Crippen MR) is 124 cm³/mol. The molecule has 0 spiro atoms. The zero-order valence-corrected chi connectivity index (χ0v) is 18.1. The molecule has 0 saturated carbocycles. The van der Waals surface area contributed by atoms with E-state index in [4.69, 9.17) is 0 Å². The second-order valence-corrected chi connectivity index (χ2v) is 7.48. The standard InChI is InChI=1S/C25H25N3O4/c1-3-26-24(29)16-20-5-4-6-23(15-20)27(17-19-9-7-18(2)8-10-19)25(30)21-11-13-22(14-12-21)28(31)32/h4-15H,3,16-17H2,1-2H3,(H,26,29). The highest BCUT2D eigenvalue weighted by Crippen LogP contribution is 2.23. The van der Waals surface area contributed by atoms with Gasteiger partial charge in [0.2, 0.25) is 5.91 Å². The number of benzene rings is 3. The second-order valence-electron chi connectivity index (χ2n) is 7.48. The van der Waals surface area contributed by atoms with Crippen LogP contribution in [0.2, 0.25) is 0 Å². The number of nitro benzene ring substituents is 1. The number of anilines is 1. The quantitative estimate of drug-likeness (QED) is 0.422. The number of nitrogens with zero attached hydrogens (tertiary/aromatic N) is 2. The fourth-order valence-corrected chi connectivity index (χ4v) is 3.32. The first-order valence-electron chi connectivity index (χ1n) is 10.3. The molecule has 0 atom stereocenters. The molecule has 3 rings (SSSR count). The van der Waals surface area contributed by atoms with Crippen molar-refractivity contribution >= 4 is 23.2 Å². The van der Waals surface area contributed by atoms with Crippen molar-refractivity contribution in [1.82, 2.24) is 5.32 Å². The van der Waals surface area contributed by atoms with Gasteiger partial charge >= 0.3 is 0 Å². The fourth-order valence-electron chi connectivity index (χ4n) is 3.32. The normalized spacial score (nSPS) is 10.4. The smallest absolute Gasteiger partial charge is 0.269 e. The summed E-state index contributed by atoms with van der Waals surface area (Å²) in [5.41, 5.74) is 3.77. The molecule has 0 aliphatic heterocycles. The lowest BCUT2D eigenvalue weighted by atomic mass is 10.1. The number of rotatable bonds is 8. The molecule has 0 radical (unpaired) electrons. The number of carbonyl (C=O) groups is 2. The number of hydrogen-bond donors (Lipinski definition) is 1. The molecule has 0 aromatic heterocycles. The van der Waals surface area contributed by atoms with Gasteiger partial charge < -0.3 is 10.2 Å². The van der Waals surface area contributed by atoms with E-state index in [1.165, 1.54) is 24.3 Å². The first-order valence-corrected chi connectivity index (χ1v) is 10.3. The molecule has 0 saturated heterocycles. The molecular weight excluding hydrogens is 406 g/mol. The Labute approximate surface area is 186 Å². The van der Waals surface area contributed by atoms with Crippen LogP contribution >= 0.6 is 0 Å². The maximum absolute atomic E-state index is 13.4. The Morgan fingerprint density at radius 2 is 1.66 bits per heavy atom. The minimum absolute atomic E-state index is 0.0735. The van der Waals surface area contributed by atoms with Crippen LogP contribution in [0.25, 0.3) is 0 Å². The lowest BCUT2D eigenvalue weighted by Gasteiger charge is -2.24. The second kappa shape index (κ2) is 10.3. The lowest BCUT2D eigenvalue weighted by Crippen LogP contribution is -2.30. The molecule has 7 nitrogen and oxygen atoms in total. The third kappa shape index (κ3) is 5.78. The van der Waals surface area contributed by atoms with E-state index >= 15 is 0 Å². The van der Waals surface area contributed by atoms with Crippen molar-refractivity contribution in [1.29, 1.82) is 0 Å². The summed E-state index contributed by atoms with van der Waals surface area (Å²) in [6.07, 6.45) is 0.214. The molecule has 32 heavy (non-hydrogen) atoms. The van der Waals surface area contributed by atoms with E-state index in [1.807, 2.05) is 62.4 Å². The summed E-state index contributed by atoms with van der Waals surface area (Å²) in [6.45, 7) is 4.73. The zero-order valence-electron chi connectivity index (χ0n) is 18.1. The van der Waals surface area contributed by atoms with E-state index < -0.39 is 4.92 Å². The average Bonchev–Trinajstić information content (AvgIpc) is 2.78. The van der Waals surface area contributed by atoms with E-state index in [2.05, 4.69) is 5.32 Å². The first-order chi connectivity index (χ1) is 15.4. The van der Waals surface area contributed by atoms with Crippen LogP contribution in [0, 0.1) is 17.0 Å². The number of carbonyl (C=O) groups excluding carboxylic acids is 2. The number of amides is 2. The Kier molecular flexibility index (Phi) is 7.33. The minimum Gasteiger partial charge on any atom is -0.356 e. The number of non-ortho nitro benzene ring substituents is 1. The van der Waals surface area contributed by atoms with Crippen LogP contribution in [0.3, 0.4) is 0 Å². The summed E-state index contributed by atoms with van der Waals surface area (Å²) in [7, 11) is 0. The van der Waals surface area contributed by atoms with Gasteiger partial charge in [-0.15, -0.1) is 0 Å². The molecule has 3 aromatic carbocycles. The van der Waals surface area contributed by atoms with Crippen molar-refractivity contribution in [2.75, 3.05) is 11.4 Å². The molecule has 0 aliphatic carbocycles. The van der Waals surface area contributed by atoms with Crippen LogP contribution in [0.4, 0.5) is 11.4 Å². The highest BCUT2D eigenvalue weighted by Gasteiger charge is 2.20. The predicted octanol–water partition coefficient (Wildman–Crippen LogP) is 4.43. The SMILES string of the molecule is CCNC(=O)Cc1cccc(N(Cc2ccc(C)cc2)C(=O)c2ccc([N+](=O)[O-])cc2)c1. The Morgan fingerprint density at radius 1 is 0.969 bits per heavy atom. The van der Waals surface area contributed by atoms with Gasteiger partial charge in [0.1, 0.15) is 0 Å². The van der Waals surface area contributed by atoms with Crippen molar-refractivity contribution in [3.8, 4) is 0 Å². The van der Waals surface area contributed by atoms with Crippen molar-refractivity contribution in [3.63, 3.8) is 0 Å². The summed E-state index contributed by atoms with van der Waals surface area (Å²) in [5.74, 6) is -0.368. The monoisotopic (exact) mass is 431 g/mol. The minimum atomic E-state index is -0.497. The van der Waals surface area contributed by atoms with E-state index in [0.717, 1.165) is 16.7 Å². The third-order valence-corrected chi connectivity index (χ3v) is 4.99. The van der Waals surface area contributed by atoms with Crippen LogP contribution in [0.15, 0.2) is 72.8 Å². The van der Waals surface area contributed by atoms with Gasteiger partial charge in [-0.2, -0.15) is 0 Å². The van der Waals surface area contributed by atoms with Crippen molar-refractivity contribution in [2.24, 2.45) is 0 Å². The van der Waals surface area contributed by atoms with Crippen molar-refractivity contribution in [3.05, 3.63) is 105 Å². The summed E-state index contributed by atoms with van der Waals surface area (Å²) in [6, 6.07) is 20.8. The van der Waals surface area contributed by atoms with Crippen LogP contribution in [0.1, 0.15) is 34.0 Å². The van der Waals surface area contributed by atoms with Crippen molar-refractivity contribution in [2.45, 2.75) is 26.8 Å². The number of likely N-dealkylation sites (N-methyl/N-ethyl adjacent to an activating group) is 1. The largest absolute Gasteiger partial charge is 0.356 e. The number of nitro groups is 1. The average molecular weight is 431 g/mol. The third-order valence-electron chi connectivity index (χ3n) is 4.99. The zero-order chi connectivity index (χ0) is 23.1. The molecule has 0 unspecified atom stereocenters. The van der Waals surface area contributed by atoms with Gasteiger partial charge in [0.15, 0.2) is 0 Å². The molecule has 2 amide bonds. The molecule has 0 bridgehead atoms. The summed E-state index contributed by atoms with van der Waals surface area (Å²) in [5, 5.41) is 13.7. The molecule has 0 heterocycles. The van der Waals surface area contributed by atoms with Gasteiger partial charge in [-0.3, -0.25) is 19.7 Å². The molecule has 1 N–H and O–H groups in total. The van der Waals surface area contributed by atoms with Gasteiger partial charge in [0.05, 0.1) is 17.9 Å². The van der Waals surface area contributed by atoms with Gasteiger partial charge in [-0.05, 0) is 49.2 Å². The van der Waals surface area contributed by atoms with E-state index in [-0.39, 0.29) is 23.9 Å². The Morgan fingerprint density at radius 3 is 2.28 bits per heavy atom. The van der Waals surface area contributed by atoms with Gasteiger partial charge in [0, 0.05) is 29.9 Å². The van der Waals surface area contributed by atoms with E-state index in [9.17, 15) is 19.7 Å². The highest BCUT2D eigenvalue weighted by atomic mass is 16.6. The maximum atomic E-state index is 13.4. The Hall–Kier alpha value is -4.00. The molecule has 164 valence electrons. The molecule has 0 fully saturated rings. The number of nitrogens with one attached hydrogen (secondary N) is 1. The van der Waals surface area contributed by atoms with Crippen LogP contribution in [0.5, 0.6) is 0 Å². The van der Waals surface area contributed by atoms with Gasteiger partial charge in [0.25, 0.3) is 11.6 Å². The van der Waals surface area contributed by atoms with Crippen molar-refractivity contribution < 1.29 is 14.5 Å². The van der Waals surface area contributed by atoms with E-state index in [0.29, 0.717) is 24.3 Å². The van der Waals surface area contributed by atoms with E-state index in [1.54, 1.807) is 4.90 Å². The molecule has 7 heteroatoms. The molecule has 3 aromatic rings. The fraction of sp³-hybridized carbons (Fsp3) is 0.200. The summed E-state index contributed by atoms with van der Waals surface area (Å²) >= 11 is 0. The maximum Gasteiger partial charge on any atom is 0.269 e. The highest BCUT2D eigenvalue weighted by molar-refractivity contribution is 6.06. The van der Waals surface area contributed by atoms with Gasteiger partial charge in [-0.25, -0.2) is 0 Å². The van der Waals surface area contributed by atoms with Crippen LogP contribution in [-0.4, -0.2) is 23.3 Å². The number of hydrogen-bond acceptors (Lipinski definition) is 4. The summed E-state index contributed by atoms with van der Waals surface area (Å²) < 4.78 is 0. The van der Waals surface area contributed by atoms with Crippen LogP contribution < -0.4 is 10.2 Å². The lowest BCUT2D eigenvalue weighted by molar-refractivity contribution is -0.384. The van der Waals surface area contributed by atoms with Crippen LogP contribution in [-0.2, 0) is 17.8 Å². The first kappa shape index (κ1) is 22.7. The van der Waals surface area contributed by atoms with Gasteiger partial charge in [-0.1, -0.05) is 42.0 Å². The molecular formula is C25H25N3O4. The molecule has 0 aliphatic rings. The topological polar surface area (TPSA) is 92.6 Å².